The first-order valence-electron chi connectivity index (χ1n) is 11.7. The van der Waals surface area contributed by atoms with Crippen LogP contribution in [-0.4, -0.2) is 61.5 Å². The fourth-order valence-electron chi connectivity index (χ4n) is 4.72. The summed E-state index contributed by atoms with van der Waals surface area (Å²) in [6, 6.07) is 22.2. The van der Waals surface area contributed by atoms with Gasteiger partial charge in [0.15, 0.2) is 5.65 Å². The maximum atomic E-state index is 13.5. The zero-order valence-corrected chi connectivity index (χ0v) is 22.4. The molecule has 1 fully saturated rings. The topological polar surface area (TPSA) is 92.9 Å². The number of hydrogen-bond donors (Lipinski definition) is 0. The lowest BCUT2D eigenvalue weighted by molar-refractivity contribution is 0.413. The van der Waals surface area contributed by atoms with E-state index in [4.69, 9.17) is 9.72 Å². The predicted octanol–water partition coefficient (Wildman–Crippen LogP) is 4.21. The van der Waals surface area contributed by atoms with Crippen molar-refractivity contribution in [2.75, 3.05) is 43.1 Å². The van der Waals surface area contributed by atoms with E-state index in [9.17, 15) is 8.42 Å². The molecule has 0 aliphatic carbocycles. The monoisotopic (exact) mass is 578 g/mol. The Hall–Kier alpha value is -3.70. The smallest absolute Gasteiger partial charge is 0.229 e. The molecule has 6 rings (SSSR count). The first kappa shape index (κ1) is 23.7. The molecule has 0 atom stereocenters. The number of methoxy groups -OCH3 is 1. The van der Waals surface area contributed by atoms with Gasteiger partial charge in [0.2, 0.25) is 14.9 Å². The molecule has 0 spiro atoms. The van der Waals surface area contributed by atoms with E-state index in [0.29, 0.717) is 13.1 Å². The SMILES string of the molecule is COc1ccccc1N1CCN(c2nc3c(S(=O)(=O)c4ccc(Br)cc4)nnn3c3ccccc23)CC1. The Morgan fingerprint density at radius 1 is 0.865 bits per heavy atom. The number of nitrogens with zero attached hydrogens (tertiary/aromatic N) is 6. The van der Waals surface area contributed by atoms with Crippen molar-refractivity contribution >= 4 is 53.8 Å². The summed E-state index contributed by atoms with van der Waals surface area (Å²) in [5.74, 6) is 1.56. The van der Waals surface area contributed by atoms with E-state index in [2.05, 4.69) is 42.1 Å². The molecule has 11 heteroatoms. The van der Waals surface area contributed by atoms with Gasteiger partial charge in [0.1, 0.15) is 11.6 Å². The van der Waals surface area contributed by atoms with Gasteiger partial charge in [-0.15, -0.1) is 5.10 Å². The van der Waals surface area contributed by atoms with Crippen molar-refractivity contribution in [1.29, 1.82) is 0 Å². The molecule has 0 unspecified atom stereocenters. The van der Waals surface area contributed by atoms with E-state index in [1.165, 1.54) is 4.52 Å². The normalized spacial score (nSPS) is 14.4. The van der Waals surface area contributed by atoms with Crippen LogP contribution in [0.1, 0.15) is 0 Å². The van der Waals surface area contributed by atoms with Gasteiger partial charge in [-0.05, 0) is 48.5 Å². The second-order valence-electron chi connectivity index (χ2n) is 8.69. The molecular formula is C26H23BrN6O3S. The number of aromatic nitrogens is 4. The van der Waals surface area contributed by atoms with Crippen LogP contribution < -0.4 is 14.5 Å². The van der Waals surface area contributed by atoms with Crippen LogP contribution in [0.5, 0.6) is 5.75 Å². The number of benzene rings is 3. The van der Waals surface area contributed by atoms with Crippen LogP contribution >= 0.6 is 15.9 Å². The lowest BCUT2D eigenvalue weighted by Crippen LogP contribution is -2.47. The number of ether oxygens (including phenoxy) is 1. The second-order valence-corrected chi connectivity index (χ2v) is 11.5. The first-order chi connectivity index (χ1) is 18.0. The highest BCUT2D eigenvalue weighted by Crippen LogP contribution is 2.33. The van der Waals surface area contributed by atoms with Gasteiger partial charge in [0.05, 0.1) is 23.2 Å². The van der Waals surface area contributed by atoms with Crippen LogP contribution in [0.15, 0.2) is 87.2 Å². The quantitative estimate of drug-likeness (QED) is 0.306. The summed E-state index contributed by atoms with van der Waals surface area (Å²) in [7, 11) is -2.25. The number of para-hydroxylation sites is 3. The van der Waals surface area contributed by atoms with Crippen molar-refractivity contribution in [3.8, 4) is 5.75 Å². The first-order valence-corrected chi connectivity index (χ1v) is 14.0. The van der Waals surface area contributed by atoms with Crippen molar-refractivity contribution in [3.05, 3.63) is 77.3 Å². The molecule has 0 radical (unpaired) electrons. The average molecular weight is 579 g/mol. The molecule has 188 valence electrons. The standard InChI is InChI=1S/C26H23BrN6O3S/c1-36-23-9-5-4-8-22(23)31-14-16-32(17-15-31)24-20-6-2-3-7-21(20)33-25(28-24)26(29-30-33)37(34,35)19-12-10-18(27)11-13-19/h2-13H,14-17H2,1H3. The number of hydrogen-bond acceptors (Lipinski definition) is 8. The number of piperazine rings is 1. The lowest BCUT2D eigenvalue weighted by Gasteiger charge is -2.37. The Bertz CT molecular complexity index is 1710. The van der Waals surface area contributed by atoms with Gasteiger partial charge in [-0.2, -0.15) is 4.52 Å². The van der Waals surface area contributed by atoms with Crippen molar-refractivity contribution in [1.82, 2.24) is 19.8 Å². The minimum absolute atomic E-state index is 0.139. The summed E-state index contributed by atoms with van der Waals surface area (Å²) in [5.41, 5.74) is 2.02. The van der Waals surface area contributed by atoms with E-state index in [1.807, 2.05) is 42.5 Å². The molecule has 3 aromatic carbocycles. The summed E-state index contributed by atoms with van der Waals surface area (Å²) in [5, 5.41) is 9.00. The molecule has 5 aromatic rings. The fourth-order valence-corrected chi connectivity index (χ4v) is 6.22. The fraction of sp³-hybridized carbons (Fsp3) is 0.192. The number of rotatable bonds is 5. The highest BCUT2D eigenvalue weighted by molar-refractivity contribution is 9.10. The Labute approximate surface area is 222 Å². The van der Waals surface area contributed by atoms with Crippen LogP contribution in [0.25, 0.3) is 16.6 Å². The highest BCUT2D eigenvalue weighted by Gasteiger charge is 2.29. The van der Waals surface area contributed by atoms with Crippen LogP contribution in [0, 0.1) is 0 Å². The van der Waals surface area contributed by atoms with E-state index in [1.54, 1.807) is 31.4 Å². The van der Waals surface area contributed by atoms with E-state index >= 15 is 0 Å². The summed E-state index contributed by atoms with van der Waals surface area (Å²) in [6.07, 6.45) is 0. The minimum Gasteiger partial charge on any atom is -0.495 e. The van der Waals surface area contributed by atoms with Gasteiger partial charge >= 0.3 is 0 Å². The molecule has 2 aromatic heterocycles. The molecule has 0 saturated carbocycles. The summed E-state index contributed by atoms with van der Waals surface area (Å²) in [6.45, 7) is 2.95. The maximum absolute atomic E-state index is 13.5. The third-order valence-corrected chi connectivity index (χ3v) is 8.78. The zero-order valence-electron chi connectivity index (χ0n) is 20.0. The molecule has 1 aliphatic rings. The molecule has 37 heavy (non-hydrogen) atoms. The van der Waals surface area contributed by atoms with E-state index < -0.39 is 9.84 Å². The van der Waals surface area contributed by atoms with Gasteiger partial charge in [-0.25, -0.2) is 13.4 Å². The number of sulfone groups is 1. The Balaban J connectivity index is 1.41. The van der Waals surface area contributed by atoms with Gasteiger partial charge in [-0.1, -0.05) is 45.4 Å². The van der Waals surface area contributed by atoms with Crippen LogP contribution in [0.3, 0.4) is 0 Å². The molecule has 1 aliphatic heterocycles. The summed E-state index contributed by atoms with van der Waals surface area (Å²) in [4.78, 5) is 9.48. The van der Waals surface area contributed by atoms with Crippen molar-refractivity contribution in [2.45, 2.75) is 9.92 Å². The lowest BCUT2D eigenvalue weighted by atomic mass is 10.2. The average Bonchev–Trinajstić information content (AvgIpc) is 3.38. The Kier molecular flexibility index (Phi) is 5.96. The van der Waals surface area contributed by atoms with Crippen LogP contribution in [-0.2, 0) is 9.84 Å². The number of anilines is 2. The van der Waals surface area contributed by atoms with Crippen LogP contribution in [0.4, 0.5) is 11.5 Å². The second kappa shape index (κ2) is 9.31. The van der Waals surface area contributed by atoms with E-state index in [-0.39, 0.29) is 15.6 Å². The highest BCUT2D eigenvalue weighted by atomic mass is 79.9. The van der Waals surface area contributed by atoms with Gasteiger partial charge in [-0.3, -0.25) is 0 Å². The van der Waals surface area contributed by atoms with Gasteiger partial charge < -0.3 is 14.5 Å². The van der Waals surface area contributed by atoms with Gasteiger partial charge in [0.25, 0.3) is 0 Å². The van der Waals surface area contributed by atoms with Crippen molar-refractivity contribution < 1.29 is 13.2 Å². The third-order valence-electron chi connectivity index (χ3n) is 6.59. The predicted molar refractivity (Wildman–Crippen MR) is 145 cm³/mol. The Morgan fingerprint density at radius 3 is 2.30 bits per heavy atom. The van der Waals surface area contributed by atoms with Gasteiger partial charge in [0, 0.05) is 36.0 Å². The zero-order chi connectivity index (χ0) is 25.6. The van der Waals surface area contributed by atoms with Crippen molar-refractivity contribution in [3.63, 3.8) is 0 Å². The van der Waals surface area contributed by atoms with Crippen LogP contribution in [0.2, 0.25) is 0 Å². The van der Waals surface area contributed by atoms with E-state index in [0.717, 1.165) is 45.7 Å². The maximum Gasteiger partial charge on any atom is 0.229 e. The number of halogens is 1. The number of fused-ring (bicyclic) bond motifs is 3. The molecule has 9 nitrogen and oxygen atoms in total. The molecular weight excluding hydrogens is 556 g/mol. The largest absolute Gasteiger partial charge is 0.495 e. The summed E-state index contributed by atoms with van der Waals surface area (Å²) < 4.78 is 34.9. The molecule has 0 bridgehead atoms. The molecule has 0 amide bonds. The summed E-state index contributed by atoms with van der Waals surface area (Å²) >= 11 is 3.35. The minimum atomic E-state index is -3.93. The molecule has 0 N–H and O–H groups in total. The molecule has 3 heterocycles. The Morgan fingerprint density at radius 2 is 1.54 bits per heavy atom. The molecule has 1 saturated heterocycles. The van der Waals surface area contributed by atoms with Crippen molar-refractivity contribution in [2.24, 2.45) is 0 Å². The third kappa shape index (κ3) is 4.08.